The fourth-order valence-corrected chi connectivity index (χ4v) is 4.78. The summed E-state index contributed by atoms with van der Waals surface area (Å²) >= 11 is 0. The maximum Gasteiger partial charge on any atom is 0.0946 e. The number of quaternary nitrogens is 1. The highest BCUT2D eigenvalue weighted by Gasteiger charge is 2.24. The van der Waals surface area contributed by atoms with Crippen molar-refractivity contribution in [3.63, 3.8) is 0 Å². The van der Waals surface area contributed by atoms with Crippen molar-refractivity contribution in [2.75, 3.05) is 51.6 Å². The molecule has 182 valence electrons. The van der Waals surface area contributed by atoms with E-state index in [4.69, 9.17) is 0 Å². The lowest BCUT2D eigenvalue weighted by atomic mass is 10.1. The monoisotopic (exact) mass is 448 g/mol. The van der Waals surface area contributed by atoms with E-state index in [1.807, 2.05) is 0 Å². The third kappa shape index (κ3) is 16.5. The summed E-state index contributed by atoms with van der Waals surface area (Å²) in [6.07, 6.45) is 15.2. The van der Waals surface area contributed by atoms with Crippen LogP contribution in [0.2, 0.25) is 0 Å². The van der Waals surface area contributed by atoms with Crippen molar-refractivity contribution in [3.05, 3.63) is 0 Å². The molecular weight excluding hydrogens is 396 g/mol. The van der Waals surface area contributed by atoms with Gasteiger partial charge in [0, 0.05) is 5.75 Å². The van der Waals surface area contributed by atoms with Crippen molar-refractivity contribution in [2.24, 2.45) is 0 Å². The standard InChI is InChI=1S/C16H36N.C8H17NO3S/c1-5-9-13-17(14-10-6-2,15-11-7-3)16-12-8-4;10-13(11,12)8-4-7-9-5-2-1-3-6-9/h5-16H2,1-4H3;1-8H2,(H,10,11,12)/q+1;/p-1. The number of piperidine rings is 1. The van der Waals surface area contributed by atoms with Gasteiger partial charge in [-0.1, -0.05) is 59.8 Å². The molecule has 1 saturated heterocycles. The number of likely N-dealkylation sites (tertiary alicyclic amines) is 1. The molecule has 0 unspecified atom stereocenters. The van der Waals surface area contributed by atoms with Gasteiger partial charge in [0.25, 0.3) is 0 Å². The van der Waals surface area contributed by atoms with Crippen LogP contribution in [0.25, 0.3) is 0 Å². The Balaban J connectivity index is 0.000000579. The molecule has 1 rings (SSSR count). The summed E-state index contributed by atoms with van der Waals surface area (Å²) in [4.78, 5) is 2.23. The van der Waals surface area contributed by atoms with Crippen LogP contribution >= 0.6 is 0 Å². The van der Waals surface area contributed by atoms with Crippen LogP contribution in [0.1, 0.15) is 105 Å². The van der Waals surface area contributed by atoms with E-state index in [9.17, 15) is 13.0 Å². The predicted octanol–water partition coefficient (Wildman–Crippen LogP) is 5.41. The molecular formula is C24H52N2O3S. The second-order valence-electron chi connectivity index (χ2n) is 9.17. The molecule has 0 radical (unpaired) electrons. The fraction of sp³-hybridized carbons (Fsp3) is 1.00. The van der Waals surface area contributed by atoms with Crippen LogP contribution in [0.3, 0.4) is 0 Å². The zero-order valence-corrected chi connectivity index (χ0v) is 21.5. The summed E-state index contributed by atoms with van der Waals surface area (Å²) in [7, 11) is -4.00. The third-order valence-corrected chi connectivity index (χ3v) is 7.05. The Hall–Kier alpha value is -0.170. The highest BCUT2D eigenvalue weighted by Crippen LogP contribution is 2.16. The van der Waals surface area contributed by atoms with Gasteiger partial charge in [-0.25, -0.2) is 8.42 Å². The normalized spacial score (nSPS) is 15.6. The molecule has 1 aliphatic rings. The van der Waals surface area contributed by atoms with Crippen molar-refractivity contribution in [2.45, 2.75) is 105 Å². The Labute approximate surface area is 188 Å². The van der Waals surface area contributed by atoms with Gasteiger partial charge in [0.05, 0.1) is 36.3 Å². The van der Waals surface area contributed by atoms with E-state index in [2.05, 4.69) is 32.6 Å². The van der Waals surface area contributed by atoms with Crippen LogP contribution in [0, 0.1) is 0 Å². The molecule has 30 heavy (non-hydrogen) atoms. The van der Waals surface area contributed by atoms with Gasteiger partial charge in [-0.05, 0) is 64.6 Å². The van der Waals surface area contributed by atoms with E-state index in [1.54, 1.807) is 0 Å². The lowest BCUT2D eigenvalue weighted by Crippen LogP contribution is -2.50. The smallest absolute Gasteiger partial charge is 0.0946 e. The molecule has 0 saturated carbocycles. The van der Waals surface area contributed by atoms with Crippen LogP contribution in [0.5, 0.6) is 0 Å². The molecule has 0 aromatic rings. The molecule has 0 amide bonds. The Bertz CT molecular complexity index is 439. The van der Waals surface area contributed by atoms with E-state index in [0.717, 1.165) is 19.6 Å². The van der Waals surface area contributed by atoms with Gasteiger partial charge in [-0.2, -0.15) is 0 Å². The highest BCUT2D eigenvalue weighted by atomic mass is 32.2. The average Bonchev–Trinajstić information content (AvgIpc) is 2.73. The lowest BCUT2D eigenvalue weighted by molar-refractivity contribution is -0.929. The molecule has 5 nitrogen and oxygen atoms in total. The van der Waals surface area contributed by atoms with E-state index in [0.29, 0.717) is 6.42 Å². The maximum atomic E-state index is 10.3. The minimum atomic E-state index is -4.00. The topological polar surface area (TPSA) is 60.4 Å². The third-order valence-electron chi connectivity index (χ3n) is 6.26. The van der Waals surface area contributed by atoms with Gasteiger partial charge >= 0.3 is 0 Å². The Morgan fingerprint density at radius 1 is 0.700 bits per heavy atom. The lowest BCUT2D eigenvalue weighted by Gasteiger charge is -2.39. The second-order valence-corrected chi connectivity index (χ2v) is 10.7. The number of rotatable bonds is 16. The van der Waals surface area contributed by atoms with Crippen LogP contribution in [-0.2, 0) is 10.1 Å². The minimum Gasteiger partial charge on any atom is -0.748 e. The zero-order chi connectivity index (χ0) is 22.7. The summed E-state index contributed by atoms with van der Waals surface area (Å²) in [5, 5.41) is 0. The van der Waals surface area contributed by atoms with Crippen LogP contribution in [0.4, 0.5) is 0 Å². The van der Waals surface area contributed by atoms with E-state index in [1.165, 1.54) is 101 Å². The minimum absolute atomic E-state index is 0.219. The number of nitrogens with zero attached hydrogens (tertiary/aromatic N) is 2. The molecule has 0 aromatic heterocycles. The molecule has 1 fully saturated rings. The van der Waals surface area contributed by atoms with E-state index >= 15 is 0 Å². The van der Waals surface area contributed by atoms with Crippen molar-refractivity contribution in [3.8, 4) is 0 Å². The summed E-state index contributed by atoms with van der Waals surface area (Å²) < 4.78 is 32.3. The first kappa shape index (κ1) is 29.8. The van der Waals surface area contributed by atoms with Crippen LogP contribution in [0.15, 0.2) is 0 Å². The summed E-state index contributed by atoms with van der Waals surface area (Å²) in [5.74, 6) is -0.219. The molecule has 0 bridgehead atoms. The van der Waals surface area contributed by atoms with Crippen molar-refractivity contribution < 1.29 is 17.5 Å². The first-order chi connectivity index (χ1) is 14.3. The van der Waals surface area contributed by atoms with Gasteiger partial charge in [0.2, 0.25) is 0 Å². The molecule has 0 N–H and O–H groups in total. The maximum absolute atomic E-state index is 10.3. The van der Waals surface area contributed by atoms with Crippen molar-refractivity contribution in [1.29, 1.82) is 0 Å². The summed E-state index contributed by atoms with van der Waals surface area (Å²) in [6, 6.07) is 0. The number of unbranched alkanes of at least 4 members (excludes halogenated alkanes) is 4. The molecule has 0 spiro atoms. The average molecular weight is 449 g/mol. The molecule has 1 heterocycles. The number of hydrogen-bond donors (Lipinski definition) is 0. The van der Waals surface area contributed by atoms with Gasteiger partial charge in [-0.15, -0.1) is 0 Å². The Morgan fingerprint density at radius 2 is 1.10 bits per heavy atom. The molecule has 6 heteroatoms. The van der Waals surface area contributed by atoms with Crippen molar-refractivity contribution in [1.82, 2.24) is 4.90 Å². The summed E-state index contributed by atoms with van der Waals surface area (Å²) in [5.41, 5.74) is 0. The van der Waals surface area contributed by atoms with Gasteiger partial charge in [0.1, 0.15) is 0 Å². The van der Waals surface area contributed by atoms with E-state index in [-0.39, 0.29) is 5.75 Å². The summed E-state index contributed by atoms with van der Waals surface area (Å²) in [6.45, 7) is 17.9. The number of hydrogen-bond acceptors (Lipinski definition) is 4. The van der Waals surface area contributed by atoms with Gasteiger partial charge in [0.15, 0.2) is 0 Å². The Kier molecular flexibility index (Phi) is 18.3. The van der Waals surface area contributed by atoms with E-state index < -0.39 is 10.1 Å². The second kappa shape index (κ2) is 18.4. The first-order valence-electron chi connectivity index (χ1n) is 12.8. The Morgan fingerprint density at radius 3 is 1.43 bits per heavy atom. The van der Waals surface area contributed by atoms with Gasteiger partial charge < -0.3 is 13.9 Å². The van der Waals surface area contributed by atoms with Crippen LogP contribution in [-0.4, -0.2) is 73.9 Å². The zero-order valence-electron chi connectivity index (χ0n) is 20.7. The SMILES string of the molecule is CCCC[N+](CCCC)(CCCC)CCCC.O=S(=O)([O-])CCCN1CCCCC1. The highest BCUT2D eigenvalue weighted by molar-refractivity contribution is 7.85. The predicted molar refractivity (Wildman–Crippen MR) is 129 cm³/mol. The van der Waals surface area contributed by atoms with Crippen LogP contribution < -0.4 is 0 Å². The largest absolute Gasteiger partial charge is 0.748 e. The fourth-order valence-electron chi connectivity index (χ4n) is 4.29. The van der Waals surface area contributed by atoms with Gasteiger partial charge in [-0.3, -0.25) is 0 Å². The molecule has 0 aromatic carbocycles. The molecule has 1 aliphatic heterocycles. The first-order valence-corrected chi connectivity index (χ1v) is 14.4. The van der Waals surface area contributed by atoms with Crippen molar-refractivity contribution >= 4 is 10.1 Å². The quantitative estimate of drug-likeness (QED) is 0.234. The molecule has 0 atom stereocenters. The molecule has 0 aliphatic carbocycles.